The van der Waals surface area contributed by atoms with Crippen molar-refractivity contribution in [3.63, 3.8) is 0 Å². The number of aliphatic hydroxyl groups excluding tert-OH is 1. The quantitative estimate of drug-likeness (QED) is 0.800. The van der Waals surface area contributed by atoms with Crippen LogP contribution in [-0.4, -0.2) is 74.5 Å². The number of sulfone groups is 1. The molecule has 0 saturated carbocycles. The lowest BCUT2D eigenvalue weighted by molar-refractivity contribution is -0.0348. The van der Waals surface area contributed by atoms with Crippen molar-refractivity contribution in [2.24, 2.45) is 5.41 Å². The summed E-state index contributed by atoms with van der Waals surface area (Å²) in [6.45, 7) is 2.87. The zero-order valence-electron chi connectivity index (χ0n) is 11.4. The van der Waals surface area contributed by atoms with Crippen molar-refractivity contribution in [1.29, 1.82) is 0 Å². The highest BCUT2D eigenvalue weighted by Gasteiger charge is 2.39. The van der Waals surface area contributed by atoms with Gasteiger partial charge in [0.05, 0.1) is 6.61 Å². The van der Waals surface area contributed by atoms with E-state index in [1.807, 2.05) is 4.90 Å². The van der Waals surface area contributed by atoms with Crippen molar-refractivity contribution in [3.05, 3.63) is 0 Å². The van der Waals surface area contributed by atoms with Crippen LogP contribution in [0.1, 0.15) is 12.8 Å². The molecular weight excluding hydrogens is 286 g/mol. The minimum absolute atomic E-state index is 0.108. The average molecular weight is 309 g/mol. The van der Waals surface area contributed by atoms with Gasteiger partial charge in [0.25, 0.3) is 0 Å². The molecule has 19 heavy (non-hydrogen) atoms. The first kappa shape index (κ1) is 15.6. The van der Waals surface area contributed by atoms with Gasteiger partial charge in [-0.15, -0.1) is 0 Å². The van der Waals surface area contributed by atoms with Crippen molar-refractivity contribution in [3.8, 4) is 0 Å². The van der Waals surface area contributed by atoms with E-state index >= 15 is 0 Å². The summed E-state index contributed by atoms with van der Waals surface area (Å²) in [5, 5.41) is 9.32. The van der Waals surface area contributed by atoms with Gasteiger partial charge in [0, 0.05) is 49.5 Å². The van der Waals surface area contributed by atoms with E-state index in [0.29, 0.717) is 25.5 Å². The number of aliphatic hydroxyl groups is 1. The number of thioether (sulfide) groups is 1. The molecule has 0 aliphatic carbocycles. The Bertz CT molecular complexity index is 393. The standard InChI is InChI=1S/C12H23NO4S2/c1-19(15,16)11-8-18-7-4-13(11)9-12(10-14)2-5-17-6-3-12/h11,14H,2-10H2,1H3. The van der Waals surface area contributed by atoms with E-state index in [0.717, 1.165) is 25.1 Å². The van der Waals surface area contributed by atoms with Crippen molar-refractivity contribution in [2.45, 2.75) is 18.2 Å². The number of hydrogen-bond donors (Lipinski definition) is 1. The Balaban J connectivity index is 2.10. The zero-order chi connectivity index (χ0) is 13.9. The van der Waals surface area contributed by atoms with Crippen LogP contribution in [0.25, 0.3) is 0 Å². The van der Waals surface area contributed by atoms with Crippen LogP contribution in [0.5, 0.6) is 0 Å². The fourth-order valence-corrected chi connectivity index (χ4v) is 5.73. The monoisotopic (exact) mass is 309 g/mol. The third-order valence-corrected chi connectivity index (χ3v) is 6.80. The molecule has 1 unspecified atom stereocenters. The van der Waals surface area contributed by atoms with Gasteiger partial charge in [-0.3, -0.25) is 4.90 Å². The molecular formula is C12H23NO4S2. The zero-order valence-corrected chi connectivity index (χ0v) is 13.0. The van der Waals surface area contributed by atoms with E-state index in [1.54, 1.807) is 11.8 Å². The van der Waals surface area contributed by atoms with Crippen LogP contribution in [0.4, 0.5) is 0 Å². The Morgan fingerprint density at radius 3 is 2.68 bits per heavy atom. The van der Waals surface area contributed by atoms with E-state index in [4.69, 9.17) is 4.74 Å². The van der Waals surface area contributed by atoms with E-state index in [1.165, 1.54) is 6.26 Å². The van der Waals surface area contributed by atoms with Crippen LogP contribution in [0.15, 0.2) is 0 Å². The third kappa shape index (κ3) is 3.85. The SMILES string of the molecule is CS(=O)(=O)C1CSCCN1CC1(CO)CCOCC1. The number of rotatable bonds is 4. The molecule has 1 N–H and O–H groups in total. The lowest BCUT2D eigenvalue weighted by Gasteiger charge is -2.43. The Morgan fingerprint density at radius 2 is 2.11 bits per heavy atom. The second-order valence-electron chi connectivity index (χ2n) is 5.60. The maximum atomic E-state index is 11.9. The van der Waals surface area contributed by atoms with Crippen LogP contribution in [0.3, 0.4) is 0 Å². The van der Waals surface area contributed by atoms with Gasteiger partial charge in [0.1, 0.15) is 5.37 Å². The fourth-order valence-electron chi connectivity index (χ4n) is 2.79. The predicted molar refractivity (Wildman–Crippen MR) is 77.1 cm³/mol. The summed E-state index contributed by atoms with van der Waals surface area (Å²) in [5.74, 6) is 1.60. The smallest absolute Gasteiger partial charge is 0.164 e. The molecule has 1 atom stereocenters. The summed E-state index contributed by atoms with van der Waals surface area (Å²) in [4.78, 5) is 2.05. The van der Waals surface area contributed by atoms with E-state index in [-0.39, 0.29) is 12.0 Å². The number of nitrogens with zero attached hydrogens (tertiary/aromatic N) is 1. The molecule has 0 aromatic heterocycles. The molecule has 7 heteroatoms. The van der Waals surface area contributed by atoms with Crippen LogP contribution in [-0.2, 0) is 14.6 Å². The molecule has 2 aliphatic rings. The Morgan fingerprint density at radius 1 is 1.42 bits per heavy atom. The molecule has 0 spiro atoms. The third-order valence-electron chi connectivity index (χ3n) is 4.11. The van der Waals surface area contributed by atoms with Crippen LogP contribution < -0.4 is 0 Å². The number of hydrogen-bond acceptors (Lipinski definition) is 6. The Hall–Kier alpha value is 0.180. The van der Waals surface area contributed by atoms with Crippen molar-refractivity contribution < 1.29 is 18.3 Å². The summed E-state index contributed by atoms with van der Waals surface area (Å²) >= 11 is 1.69. The second-order valence-corrected chi connectivity index (χ2v) is 8.95. The predicted octanol–water partition coefficient (Wildman–Crippen LogP) is 0.195. The van der Waals surface area contributed by atoms with Gasteiger partial charge in [0.15, 0.2) is 9.84 Å². The summed E-state index contributed by atoms with van der Waals surface area (Å²) in [5.41, 5.74) is -0.191. The van der Waals surface area contributed by atoms with Crippen molar-refractivity contribution in [1.82, 2.24) is 4.90 Å². The highest BCUT2D eigenvalue weighted by atomic mass is 32.2. The summed E-state index contributed by atoms with van der Waals surface area (Å²) < 4.78 is 29.1. The van der Waals surface area contributed by atoms with Crippen molar-refractivity contribution >= 4 is 21.6 Å². The minimum atomic E-state index is -3.07. The van der Waals surface area contributed by atoms with Crippen molar-refractivity contribution in [2.75, 3.05) is 50.7 Å². The molecule has 0 aromatic rings. The first-order valence-corrected chi connectivity index (χ1v) is 9.77. The largest absolute Gasteiger partial charge is 0.396 e. The minimum Gasteiger partial charge on any atom is -0.396 e. The van der Waals surface area contributed by atoms with Gasteiger partial charge < -0.3 is 9.84 Å². The van der Waals surface area contributed by atoms with E-state index < -0.39 is 15.2 Å². The molecule has 2 heterocycles. The highest BCUT2D eigenvalue weighted by Crippen LogP contribution is 2.33. The normalized spacial score (nSPS) is 29.3. The van der Waals surface area contributed by atoms with Gasteiger partial charge in [-0.05, 0) is 12.8 Å². The van der Waals surface area contributed by atoms with Gasteiger partial charge in [-0.1, -0.05) is 0 Å². The first-order chi connectivity index (χ1) is 8.97. The summed E-state index contributed by atoms with van der Waals surface area (Å²) in [7, 11) is -3.07. The summed E-state index contributed by atoms with van der Waals surface area (Å²) in [6, 6.07) is 0. The first-order valence-electron chi connectivity index (χ1n) is 6.66. The molecule has 2 fully saturated rings. The molecule has 2 saturated heterocycles. The molecule has 0 radical (unpaired) electrons. The molecule has 5 nitrogen and oxygen atoms in total. The van der Waals surface area contributed by atoms with E-state index in [9.17, 15) is 13.5 Å². The molecule has 2 aliphatic heterocycles. The molecule has 0 aromatic carbocycles. The summed E-state index contributed by atoms with van der Waals surface area (Å²) in [6.07, 6.45) is 2.93. The van der Waals surface area contributed by atoms with Crippen LogP contribution >= 0.6 is 11.8 Å². The van der Waals surface area contributed by atoms with Gasteiger partial charge in [-0.25, -0.2) is 8.42 Å². The van der Waals surface area contributed by atoms with Gasteiger partial charge in [0.2, 0.25) is 0 Å². The second kappa shape index (κ2) is 6.30. The molecule has 2 rings (SSSR count). The van der Waals surface area contributed by atoms with Gasteiger partial charge in [-0.2, -0.15) is 11.8 Å². The fraction of sp³-hybridized carbons (Fsp3) is 1.00. The van der Waals surface area contributed by atoms with Gasteiger partial charge >= 0.3 is 0 Å². The Kier molecular flexibility index (Phi) is 5.16. The molecule has 112 valence electrons. The topological polar surface area (TPSA) is 66.8 Å². The Labute approximate surface area is 119 Å². The van der Waals surface area contributed by atoms with Crippen LogP contribution in [0.2, 0.25) is 0 Å². The average Bonchev–Trinajstić information content (AvgIpc) is 2.39. The lowest BCUT2D eigenvalue weighted by atomic mass is 9.80. The molecule has 0 amide bonds. The van der Waals surface area contributed by atoms with E-state index in [2.05, 4.69) is 0 Å². The number of ether oxygens (including phenoxy) is 1. The van der Waals surface area contributed by atoms with Crippen LogP contribution in [0, 0.1) is 5.41 Å². The maximum Gasteiger partial charge on any atom is 0.164 e. The lowest BCUT2D eigenvalue weighted by Crippen LogP contribution is -2.53. The molecule has 0 bridgehead atoms. The highest BCUT2D eigenvalue weighted by molar-refractivity contribution is 8.00. The maximum absolute atomic E-state index is 11.9.